The van der Waals surface area contributed by atoms with Gasteiger partial charge in [-0.15, -0.1) is 24.9 Å². The monoisotopic (exact) mass is 546 g/mol. The first kappa shape index (κ1) is 27.7. The molecule has 4 rings (SSSR count). The lowest BCUT2D eigenvalue weighted by atomic mass is 9.66. The van der Waals surface area contributed by atoms with Gasteiger partial charge in [-0.3, -0.25) is 14.4 Å². The molecule has 9 heteroatoms. The number of hydrogen-bond acceptors (Lipinski definition) is 6. The minimum absolute atomic E-state index is 0.200. The van der Waals surface area contributed by atoms with Crippen molar-refractivity contribution < 1.29 is 24.2 Å². The lowest BCUT2D eigenvalue weighted by Crippen LogP contribution is -2.57. The fourth-order valence-corrected chi connectivity index (χ4v) is 8.87. The molecule has 0 saturated carbocycles. The molecule has 1 aromatic carbocycles. The minimum Gasteiger partial charge on any atom is -0.465 e. The highest BCUT2D eigenvalue weighted by molar-refractivity contribution is 8.02. The Labute approximate surface area is 227 Å². The number of nitrogens with zero attached hydrogens (tertiary/aromatic N) is 2. The normalized spacial score (nSPS) is 30.6. The second-order valence-corrected chi connectivity index (χ2v) is 12.6. The Balaban J connectivity index is 1.76. The van der Waals surface area contributed by atoms with E-state index in [-0.39, 0.29) is 31.6 Å². The van der Waals surface area contributed by atoms with Gasteiger partial charge in [-0.05, 0) is 51.7 Å². The smallest absolute Gasteiger partial charge is 0.311 e. The first-order chi connectivity index (χ1) is 17.7. The van der Waals surface area contributed by atoms with Crippen LogP contribution < -0.4 is 4.90 Å². The molecule has 3 fully saturated rings. The molecular formula is C28H35ClN2O5S. The van der Waals surface area contributed by atoms with Crippen LogP contribution in [0.15, 0.2) is 49.6 Å². The van der Waals surface area contributed by atoms with Gasteiger partial charge in [-0.2, -0.15) is 0 Å². The average molecular weight is 547 g/mol. The van der Waals surface area contributed by atoms with Crippen molar-refractivity contribution in [3.8, 4) is 0 Å². The maximum Gasteiger partial charge on any atom is 0.311 e. The van der Waals surface area contributed by atoms with Gasteiger partial charge in [0.25, 0.3) is 5.91 Å². The summed E-state index contributed by atoms with van der Waals surface area (Å²) in [5, 5.41) is 10.5. The zero-order valence-electron chi connectivity index (χ0n) is 21.4. The first-order valence-electron chi connectivity index (χ1n) is 12.7. The second-order valence-electron chi connectivity index (χ2n) is 10.3. The van der Waals surface area contributed by atoms with Crippen molar-refractivity contribution in [2.24, 2.45) is 11.8 Å². The number of thioether (sulfide) groups is 1. The Hall–Kier alpha value is -2.29. The van der Waals surface area contributed by atoms with Crippen LogP contribution in [-0.2, 0) is 19.1 Å². The summed E-state index contributed by atoms with van der Waals surface area (Å²) in [4.78, 5) is 45.0. The number of amides is 2. The third-order valence-electron chi connectivity index (χ3n) is 7.96. The van der Waals surface area contributed by atoms with Crippen LogP contribution in [0.2, 0.25) is 5.02 Å². The maximum absolute atomic E-state index is 14.4. The van der Waals surface area contributed by atoms with Crippen molar-refractivity contribution in [1.29, 1.82) is 0 Å². The fourth-order valence-electron chi connectivity index (χ4n) is 6.31. The van der Waals surface area contributed by atoms with Crippen LogP contribution in [0.3, 0.4) is 0 Å². The predicted molar refractivity (Wildman–Crippen MR) is 147 cm³/mol. The fraction of sp³-hybridized carbons (Fsp3) is 0.536. The SMILES string of the molecule is C=CCCCOC(=O)[C@H]1[C@H]2C(=O)N([C@H](C)CO)C(C(=O)N(CC=C)c3ccccc3Cl)C23CC[C@]1(C)S3. The van der Waals surface area contributed by atoms with Gasteiger partial charge < -0.3 is 19.6 Å². The van der Waals surface area contributed by atoms with E-state index in [0.29, 0.717) is 30.0 Å². The van der Waals surface area contributed by atoms with Crippen LogP contribution in [0.4, 0.5) is 5.69 Å². The van der Waals surface area contributed by atoms with E-state index in [1.165, 1.54) is 4.90 Å². The third kappa shape index (κ3) is 4.51. The molecule has 2 unspecified atom stereocenters. The van der Waals surface area contributed by atoms with Gasteiger partial charge in [0, 0.05) is 11.3 Å². The number of para-hydroxylation sites is 1. The van der Waals surface area contributed by atoms with E-state index in [4.69, 9.17) is 16.3 Å². The number of rotatable bonds is 11. The molecule has 37 heavy (non-hydrogen) atoms. The molecular weight excluding hydrogens is 512 g/mol. The van der Waals surface area contributed by atoms with Crippen molar-refractivity contribution in [3.63, 3.8) is 0 Å². The molecule has 0 radical (unpaired) electrons. The van der Waals surface area contributed by atoms with Crippen LogP contribution in [0, 0.1) is 11.8 Å². The van der Waals surface area contributed by atoms with Crippen molar-refractivity contribution in [2.45, 2.75) is 61.1 Å². The molecule has 0 aliphatic carbocycles. The molecule has 2 amide bonds. The zero-order valence-corrected chi connectivity index (χ0v) is 23.0. The highest BCUT2D eigenvalue weighted by Crippen LogP contribution is 2.71. The quantitative estimate of drug-likeness (QED) is 0.254. The summed E-state index contributed by atoms with van der Waals surface area (Å²) in [6.07, 6.45) is 6.09. The number of esters is 1. The summed E-state index contributed by atoms with van der Waals surface area (Å²) in [6, 6.07) is 5.60. The average Bonchev–Trinajstić information content (AvgIpc) is 3.45. The van der Waals surface area contributed by atoms with Crippen LogP contribution >= 0.6 is 23.4 Å². The number of unbranched alkanes of at least 4 members (excludes halogenated alkanes) is 1. The standard InChI is InChI=1S/C28H35ClN2O5S/c1-5-7-10-16-36-26(35)22-21-24(33)31(18(3)17-32)23(28(21)14-13-27(22,4)37-28)25(34)30(15-6-2)20-12-9-8-11-19(20)29/h5-6,8-9,11-12,18,21-23,32H,1-2,7,10,13-17H2,3-4H3/t18-,21+,22-,23?,27+,28?/m1/s1. The molecule has 2 bridgehead atoms. The molecule has 3 aliphatic heterocycles. The van der Waals surface area contributed by atoms with E-state index in [1.54, 1.807) is 60.0 Å². The number of allylic oxidation sites excluding steroid dienone is 1. The summed E-state index contributed by atoms with van der Waals surface area (Å²) < 4.78 is 4.32. The largest absolute Gasteiger partial charge is 0.465 e. The molecule has 200 valence electrons. The number of halogens is 1. The zero-order chi connectivity index (χ0) is 27.0. The van der Waals surface area contributed by atoms with E-state index in [9.17, 15) is 19.5 Å². The number of benzene rings is 1. The Morgan fingerprint density at radius 1 is 1.32 bits per heavy atom. The van der Waals surface area contributed by atoms with E-state index in [1.807, 2.05) is 6.92 Å². The predicted octanol–water partition coefficient (Wildman–Crippen LogP) is 4.23. The van der Waals surface area contributed by atoms with Crippen LogP contribution in [0.25, 0.3) is 0 Å². The Morgan fingerprint density at radius 2 is 2.05 bits per heavy atom. The first-order valence-corrected chi connectivity index (χ1v) is 13.9. The number of ether oxygens (including phenoxy) is 1. The number of aliphatic hydroxyl groups is 1. The van der Waals surface area contributed by atoms with Crippen LogP contribution in [0.1, 0.15) is 39.5 Å². The lowest BCUT2D eigenvalue weighted by Gasteiger charge is -2.39. The van der Waals surface area contributed by atoms with Crippen molar-refractivity contribution >= 4 is 46.8 Å². The van der Waals surface area contributed by atoms with Crippen molar-refractivity contribution in [1.82, 2.24) is 4.90 Å². The molecule has 3 saturated heterocycles. The molecule has 3 aliphatic rings. The molecule has 1 spiro atoms. The van der Waals surface area contributed by atoms with Gasteiger partial charge in [0.15, 0.2) is 0 Å². The lowest BCUT2D eigenvalue weighted by molar-refractivity contribution is -0.156. The number of anilines is 1. The van der Waals surface area contributed by atoms with Crippen molar-refractivity contribution in [3.05, 3.63) is 54.6 Å². The summed E-state index contributed by atoms with van der Waals surface area (Å²) in [6.45, 7) is 11.4. The van der Waals surface area contributed by atoms with E-state index < -0.39 is 39.4 Å². The summed E-state index contributed by atoms with van der Waals surface area (Å²) in [7, 11) is 0. The molecule has 7 nitrogen and oxygen atoms in total. The summed E-state index contributed by atoms with van der Waals surface area (Å²) in [5.74, 6) is -2.33. The summed E-state index contributed by atoms with van der Waals surface area (Å²) >= 11 is 8.06. The van der Waals surface area contributed by atoms with E-state index in [2.05, 4.69) is 13.2 Å². The number of likely N-dealkylation sites (tertiary alicyclic amines) is 1. The van der Waals surface area contributed by atoms with Gasteiger partial charge in [0.1, 0.15) is 6.04 Å². The second kappa shape index (κ2) is 10.8. The minimum atomic E-state index is -0.867. The van der Waals surface area contributed by atoms with Gasteiger partial charge in [0.05, 0.1) is 46.5 Å². The highest BCUT2D eigenvalue weighted by atomic mass is 35.5. The Kier molecular flexibility index (Phi) is 8.12. The molecule has 1 aromatic rings. The molecule has 1 N–H and O–H groups in total. The third-order valence-corrected chi connectivity index (χ3v) is 10.3. The van der Waals surface area contributed by atoms with Gasteiger partial charge in [-0.1, -0.05) is 35.9 Å². The van der Waals surface area contributed by atoms with E-state index >= 15 is 0 Å². The number of aliphatic hydroxyl groups excluding tert-OH is 1. The van der Waals surface area contributed by atoms with Gasteiger partial charge in [0.2, 0.25) is 5.91 Å². The molecule has 6 atom stereocenters. The van der Waals surface area contributed by atoms with Crippen LogP contribution in [0.5, 0.6) is 0 Å². The highest BCUT2D eigenvalue weighted by Gasteiger charge is 2.78. The van der Waals surface area contributed by atoms with E-state index in [0.717, 1.165) is 6.42 Å². The van der Waals surface area contributed by atoms with Gasteiger partial charge >= 0.3 is 5.97 Å². The number of hydrogen-bond donors (Lipinski definition) is 1. The number of fused-ring (bicyclic) bond motifs is 1. The Bertz CT molecular complexity index is 1100. The number of carbonyl (C=O) groups excluding carboxylic acids is 3. The maximum atomic E-state index is 14.4. The van der Waals surface area contributed by atoms with Gasteiger partial charge in [-0.25, -0.2) is 0 Å². The number of carbonyl (C=O) groups is 3. The molecule has 3 heterocycles. The van der Waals surface area contributed by atoms with Crippen LogP contribution in [-0.4, -0.2) is 69.1 Å². The Morgan fingerprint density at radius 3 is 2.70 bits per heavy atom. The molecule has 0 aromatic heterocycles. The van der Waals surface area contributed by atoms with Crippen molar-refractivity contribution in [2.75, 3.05) is 24.7 Å². The summed E-state index contributed by atoms with van der Waals surface area (Å²) in [5.41, 5.74) is 0.528. The topological polar surface area (TPSA) is 87.1 Å².